The van der Waals surface area contributed by atoms with Gasteiger partial charge in [-0.25, -0.2) is 0 Å². The van der Waals surface area contributed by atoms with Crippen LogP contribution in [0.25, 0.3) is 0 Å². The second kappa shape index (κ2) is 8.53. The second-order valence-electron chi connectivity index (χ2n) is 4.86. The summed E-state index contributed by atoms with van der Waals surface area (Å²) in [5.41, 5.74) is 1.29. The molecule has 25 heavy (non-hydrogen) atoms. The molecule has 0 aliphatic heterocycles. The first-order valence-electron chi connectivity index (χ1n) is 7.28. The van der Waals surface area contributed by atoms with Gasteiger partial charge in [-0.05, 0) is 17.7 Å². The van der Waals surface area contributed by atoms with Gasteiger partial charge >= 0.3 is 0 Å². The van der Waals surface area contributed by atoms with Gasteiger partial charge in [-0.1, -0.05) is 17.3 Å². The van der Waals surface area contributed by atoms with Crippen LogP contribution in [0.4, 0.5) is 5.69 Å². The third-order valence-corrected chi connectivity index (χ3v) is 3.35. The minimum absolute atomic E-state index is 0.00615. The molecule has 2 rings (SSSR count). The molecular formula is C17H18N2O6. The number of non-ortho nitro benzene ring substituents is 1. The molecule has 0 aromatic heterocycles. The minimum atomic E-state index is -0.457. The lowest BCUT2D eigenvalue weighted by Gasteiger charge is -2.13. The van der Waals surface area contributed by atoms with Crippen molar-refractivity contribution in [1.29, 1.82) is 0 Å². The molecule has 0 saturated carbocycles. The van der Waals surface area contributed by atoms with E-state index in [9.17, 15) is 10.1 Å². The average molecular weight is 346 g/mol. The van der Waals surface area contributed by atoms with Crippen LogP contribution in [0.3, 0.4) is 0 Å². The van der Waals surface area contributed by atoms with Crippen LogP contribution in [0.2, 0.25) is 0 Å². The molecule has 8 nitrogen and oxygen atoms in total. The Morgan fingerprint density at radius 2 is 1.84 bits per heavy atom. The van der Waals surface area contributed by atoms with E-state index in [0.717, 1.165) is 0 Å². The maximum Gasteiger partial charge on any atom is 0.269 e. The maximum absolute atomic E-state index is 10.8. The Labute approximate surface area is 144 Å². The van der Waals surface area contributed by atoms with Gasteiger partial charge in [-0.15, -0.1) is 0 Å². The number of nitro groups is 1. The van der Waals surface area contributed by atoms with Crippen LogP contribution in [0.1, 0.15) is 11.1 Å². The van der Waals surface area contributed by atoms with Crippen molar-refractivity contribution >= 4 is 11.9 Å². The van der Waals surface area contributed by atoms with E-state index in [1.165, 1.54) is 39.7 Å². The number of hydrogen-bond acceptors (Lipinski definition) is 7. The first-order chi connectivity index (χ1) is 12.1. The van der Waals surface area contributed by atoms with Crippen LogP contribution in [-0.4, -0.2) is 32.5 Å². The van der Waals surface area contributed by atoms with Crippen LogP contribution in [-0.2, 0) is 11.4 Å². The Hall–Kier alpha value is -3.29. The van der Waals surface area contributed by atoms with Gasteiger partial charge in [0, 0.05) is 17.7 Å². The van der Waals surface area contributed by atoms with Gasteiger partial charge in [0.1, 0.15) is 6.61 Å². The smallest absolute Gasteiger partial charge is 0.269 e. The second-order valence-corrected chi connectivity index (χ2v) is 4.86. The highest BCUT2D eigenvalue weighted by atomic mass is 16.6. The number of ether oxygens (including phenoxy) is 3. The molecule has 0 radical (unpaired) electrons. The van der Waals surface area contributed by atoms with E-state index < -0.39 is 4.92 Å². The lowest BCUT2D eigenvalue weighted by molar-refractivity contribution is -0.384. The van der Waals surface area contributed by atoms with Crippen molar-refractivity contribution in [3.63, 3.8) is 0 Å². The summed E-state index contributed by atoms with van der Waals surface area (Å²) in [6.45, 7) is 0.105. The van der Waals surface area contributed by atoms with Gasteiger partial charge in [0.05, 0.1) is 32.5 Å². The summed E-state index contributed by atoms with van der Waals surface area (Å²) in [5, 5.41) is 14.6. The Kier molecular flexibility index (Phi) is 6.16. The zero-order valence-corrected chi connectivity index (χ0v) is 14.1. The van der Waals surface area contributed by atoms with Crippen LogP contribution in [0, 0.1) is 10.1 Å². The minimum Gasteiger partial charge on any atom is -0.493 e. The van der Waals surface area contributed by atoms with Crippen molar-refractivity contribution in [2.24, 2.45) is 5.16 Å². The van der Waals surface area contributed by atoms with Gasteiger partial charge < -0.3 is 19.0 Å². The number of nitro benzene ring substituents is 1. The number of hydrogen-bond donors (Lipinski definition) is 0. The van der Waals surface area contributed by atoms with E-state index in [1.807, 2.05) is 0 Å². The van der Waals surface area contributed by atoms with Crippen LogP contribution in [0.15, 0.2) is 41.6 Å². The van der Waals surface area contributed by atoms with Gasteiger partial charge in [-0.2, -0.15) is 0 Å². The largest absolute Gasteiger partial charge is 0.493 e. The predicted molar refractivity (Wildman–Crippen MR) is 91.6 cm³/mol. The highest BCUT2D eigenvalue weighted by Gasteiger charge is 2.14. The Balaban J connectivity index is 2.10. The summed E-state index contributed by atoms with van der Waals surface area (Å²) < 4.78 is 15.8. The molecule has 0 aliphatic carbocycles. The first kappa shape index (κ1) is 18.1. The van der Waals surface area contributed by atoms with E-state index >= 15 is 0 Å². The van der Waals surface area contributed by atoms with Gasteiger partial charge in [0.2, 0.25) is 5.75 Å². The van der Waals surface area contributed by atoms with Gasteiger partial charge in [0.15, 0.2) is 11.5 Å². The average Bonchev–Trinajstić information content (AvgIpc) is 2.64. The SMILES string of the molecule is COc1ccc(/C=N\OCc2cccc([N+](=O)[O-])c2)c(OC)c1OC. The zero-order chi connectivity index (χ0) is 18.2. The van der Waals surface area contributed by atoms with Crippen molar-refractivity contribution in [1.82, 2.24) is 0 Å². The van der Waals surface area contributed by atoms with Crippen molar-refractivity contribution in [2.45, 2.75) is 6.61 Å². The third-order valence-electron chi connectivity index (χ3n) is 3.35. The topological polar surface area (TPSA) is 92.4 Å². The van der Waals surface area contributed by atoms with E-state index in [-0.39, 0.29) is 12.3 Å². The van der Waals surface area contributed by atoms with Crippen LogP contribution in [0.5, 0.6) is 17.2 Å². The molecule has 0 fully saturated rings. The lowest BCUT2D eigenvalue weighted by Crippen LogP contribution is -1.98. The molecule has 132 valence electrons. The lowest BCUT2D eigenvalue weighted by atomic mass is 10.2. The number of rotatable bonds is 8. The maximum atomic E-state index is 10.8. The van der Waals surface area contributed by atoms with Crippen molar-refractivity contribution in [2.75, 3.05) is 21.3 Å². The van der Waals surface area contributed by atoms with Crippen LogP contribution >= 0.6 is 0 Å². The van der Waals surface area contributed by atoms with E-state index in [2.05, 4.69) is 5.16 Å². The Morgan fingerprint density at radius 1 is 1.08 bits per heavy atom. The highest BCUT2D eigenvalue weighted by Crippen LogP contribution is 2.38. The van der Waals surface area contributed by atoms with Crippen molar-refractivity contribution in [3.05, 3.63) is 57.6 Å². The molecule has 0 spiro atoms. The number of benzene rings is 2. The molecule has 0 N–H and O–H groups in total. The normalized spacial score (nSPS) is 10.5. The molecule has 0 bridgehead atoms. The first-order valence-corrected chi connectivity index (χ1v) is 7.28. The summed E-state index contributed by atoms with van der Waals surface area (Å²) in [6, 6.07) is 9.65. The summed E-state index contributed by atoms with van der Waals surface area (Å²) in [7, 11) is 4.56. The fraction of sp³-hybridized carbons (Fsp3) is 0.235. The zero-order valence-electron chi connectivity index (χ0n) is 14.1. The van der Waals surface area contributed by atoms with Gasteiger partial charge in [-0.3, -0.25) is 10.1 Å². The Bertz CT molecular complexity index is 776. The molecular weight excluding hydrogens is 328 g/mol. The Morgan fingerprint density at radius 3 is 2.48 bits per heavy atom. The number of oxime groups is 1. The van der Waals surface area contributed by atoms with Crippen molar-refractivity contribution < 1.29 is 24.0 Å². The summed E-state index contributed by atoms with van der Waals surface area (Å²) in [4.78, 5) is 15.5. The summed E-state index contributed by atoms with van der Waals surface area (Å²) in [5.74, 6) is 1.45. The van der Waals surface area contributed by atoms with Crippen molar-refractivity contribution in [3.8, 4) is 17.2 Å². The molecule has 2 aromatic rings. The monoisotopic (exact) mass is 346 g/mol. The molecule has 0 amide bonds. The van der Waals surface area contributed by atoms with Gasteiger partial charge in [0.25, 0.3) is 5.69 Å². The molecule has 0 heterocycles. The number of nitrogens with zero attached hydrogens (tertiary/aromatic N) is 2. The molecule has 0 unspecified atom stereocenters. The third kappa shape index (κ3) is 4.37. The van der Waals surface area contributed by atoms with Crippen LogP contribution < -0.4 is 14.2 Å². The number of methoxy groups -OCH3 is 3. The standard InChI is InChI=1S/C17H18N2O6/c1-22-15-8-7-13(16(23-2)17(15)24-3)10-18-25-11-12-5-4-6-14(9-12)19(20)21/h4-10H,11H2,1-3H3/b18-10-. The van der Waals surface area contributed by atoms with E-state index in [0.29, 0.717) is 28.4 Å². The quantitative estimate of drug-likeness (QED) is 0.414. The highest BCUT2D eigenvalue weighted by molar-refractivity contribution is 5.85. The van der Waals surface area contributed by atoms with E-state index in [1.54, 1.807) is 24.3 Å². The van der Waals surface area contributed by atoms with E-state index in [4.69, 9.17) is 19.0 Å². The molecule has 2 aromatic carbocycles. The summed E-state index contributed by atoms with van der Waals surface area (Å²) in [6.07, 6.45) is 1.47. The predicted octanol–water partition coefficient (Wildman–Crippen LogP) is 3.17. The fourth-order valence-electron chi connectivity index (χ4n) is 2.19. The summed E-state index contributed by atoms with van der Waals surface area (Å²) >= 11 is 0. The molecule has 0 atom stereocenters. The molecule has 8 heteroatoms. The molecule has 0 saturated heterocycles. The fourth-order valence-corrected chi connectivity index (χ4v) is 2.19. The molecule has 0 aliphatic rings.